The van der Waals surface area contributed by atoms with Crippen LogP contribution >= 0.6 is 0 Å². The smallest absolute Gasteiger partial charge is 0.408 e. The van der Waals surface area contributed by atoms with Crippen molar-refractivity contribution in [2.24, 2.45) is 0 Å². The maximum Gasteiger partial charge on any atom is 0.408 e. The summed E-state index contributed by atoms with van der Waals surface area (Å²) >= 11 is 0. The van der Waals surface area contributed by atoms with Gasteiger partial charge in [0.15, 0.2) is 0 Å². The third kappa shape index (κ3) is 11.5. The molecule has 0 saturated heterocycles. The number of benzene rings is 3. The molecule has 0 aliphatic rings. The molecule has 4 N–H and O–H groups in total. The Hall–Kier alpha value is -5.06. The maximum atomic E-state index is 14.5. The lowest BCUT2D eigenvalue weighted by Gasteiger charge is -2.35. The fourth-order valence-corrected chi connectivity index (χ4v) is 5.20. The predicted octanol–water partition coefficient (Wildman–Crippen LogP) is 5.50. The molecule has 3 atom stereocenters. The zero-order chi connectivity index (χ0) is 36.5. The number of carbonyl (C=O) groups excluding carboxylic acids is 4. The maximum absolute atomic E-state index is 14.5. The molecule has 0 spiro atoms. The normalized spacial score (nSPS) is 13.4. The van der Waals surface area contributed by atoms with Crippen LogP contribution in [0.25, 0.3) is 0 Å². The number of aromatic hydroxyl groups is 2. The van der Waals surface area contributed by atoms with Crippen LogP contribution in [0.15, 0.2) is 72.8 Å². The van der Waals surface area contributed by atoms with Gasteiger partial charge in [-0.1, -0.05) is 60.7 Å². The quantitative estimate of drug-likeness (QED) is 0.184. The Balaban J connectivity index is 2.09. The summed E-state index contributed by atoms with van der Waals surface area (Å²) in [5, 5.41) is 26.5. The van der Waals surface area contributed by atoms with Crippen LogP contribution in [0, 0.1) is 6.92 Å². The van der Waals surface area contributed by atoms with E-state index in [0.29, 0.717) is 11.1 Å². The first-order chi connectivity index (χ1) is 22.9. The van der Waals surface area contributed by atoms with Crippen molar-refractivity contribution in [2.75, 3.05) is 6.54 Å². The number of nitrogens with one attached hydrogen (secondary N) is 2. The van der Waals surface area contributed by atoms with E-state index in [9.17, 15) is 29.4 Å². The highest BCUT2D eigenvalue weighted by molar-refractivity contribution is 5.94. The second-order valence-electron chi connectivity index (χ2n) is 13.9. The van der Waals surface area contributed by atoms with E-state index in [4.69, 9.17) is 9.47 Å². The topological polar surface area (TPSA) is 154 Å². The van der Waals surface area contributed by atoms with Gasteiger partial charge in [0, 0.05) is 24.9 Å². The van der Waals surface area contributed by atoms with Crippen LogP contribution in [0.2, 0.25) is 0 Å². The van der Waals surface area contributed by atoms with E-state index >= 15 is 0 Å². The number of hydrogen-bond acceptors (Lipinski definition) is 8. The molecule has 0 saturated carbocycles. The zero-order valence-electron chi connectivity index (χ0n) is 29.6. The number of ether oxygens (including phenoxy) is 2. The molecule has 11 heteroatoms. The molecule has 0 aliphatic carbocycles. The lowest BCUT2D eigenvalue weighted by Crippen LogP contribution is -2.55. The van der Waals surface area contributed by atoms with Gasteiger partial charge >= 0.3 is 12.1 Å². The van der Waals surface area contributed by atoms with Crippen LogP contribution < -0.4 is 10.6 Å². The number of aryl methyl sites for hydroxylation is 1. The highest BCUT2D eigenvalue weighted by atomic mass is 16.6. The summed E-state index contributed by atoms with van der Waals surface area (Å²) in [5.74, 6) is -2.20. The molecule has 3 aromatic rings. The number of likely N-dealkylation sites (N-methyl/N-ethyl adjacent to an activating group) is 1. The Bertz CT molecular complexity index is 1590. The Morgan fingerprint density at radius 2 is 1.31 bits per heavy atom. The zero-order valence-corrected chi connectivity index (χ0v) is 29.6. The first-order valence-corrected chi connectivity index (χ1v) is 16.3. The summed E-state index contributed by atoms with van der Waals surface area (Å²) < 4.78 is 11.1. The van der Waals surface area contributed by atoms with E-state index in [-0.39, 0.29) is 36.4 Å². The lowest BCUT2D eigenvalue weighted by molar-refractivity contribution is -0.159. The Morgan fingerprint density at radius 1 is 0.735 bits per heavy atom. The first-order valence-electron chi connectivity index (χ1n) is 16.3. The average Bonchev–Trinajstić information content (AvgIpc) is 3.00. The van der Waals surface area contributed by atoms with Crippen LogP contribution in [-0.4, -0.2) is 68.8 Å². The number of rotatable bonds is 12. The number of alkyl carbamates (subject to hydrolysis) is 1. The molecule has 0 radical (unpaired) electrons. The number of para-hydroxylation sites is 1. The second kappa shape index (κ2) is 16.4. The molecule has 0 bridgehead atoms. The molecular weight excluding hydrogens is 626 g/mol. The van der Waals surface area contributed by atoms with Crippen LogP contribution in [-0.2, 0) is 36.7 Å². The number of esters is 1. The third-order valence-corrected chi connectivity index (χ3v) is 7.40. The van der Waals surface area contributed by atoms with Gasteiger partial charge in [0.25, 0.3) is 0 Å². The van der Waals surface area contributed by atoms with Gasteiger partial charge in [-0.15, -0.1) is 0 Å². The molecule has 3 aromatic carbocycles. The molecule has 0 aromatic heterocycles. The summed E-state index contributed by atoms with van der Waals surface area (Å²) in [6, 6.07) is 16.4. The summed E-state index contributed by atoms with van der Waals surface area (Å²) in [7, 11) is 0. The molecule has 264 valence electrons. The number of phenolic OH excluding ortho intramolecular Hbond substituents is 2. The predicted molar refractivity (Wildman–Crippen MR) is 186 cm³/mol. The summed E-state index contributed by atoms with van der Waals surface area (Å²) in [4.78, 5) is 56.7. The Morgan fingerprint density at radius 3 is 1.88 bits per heavy atom. The largest absolute Gasteiger partial charge is 0.508 e. The number of nitrogens with zero attached hydrogens (tertiary/aromatic N) is 1. The molecule has 11 nitrogen and oxygen atoms in total. The van der Waals surface area contributed by atoms with E-state index in [1.54, 1.807) is 85.7 Å². The van der Waals surface area contributed by atoms with Crippen molar-refractivity contribution >= 4 is 23.9 Å². The van der Waals surface area contributed by atoms with Gasteiger partial charge in [-0.05, 0) is 84.2 Å². The third-order valence-electron chi connectivity index (χ3n) is 7.40. The molecule has 3 amide bonds. The van der Waals surface area contributed by atoms with E-state index in [1.165, 1.54) is 17.0 Å². The van der Waals surface area contributed by atoms with Gasteiger partial charge in [0.05, 0.1) is 0 Å². The molecule has 3 rings (SSSR count). The number of amides is 3. The minimum atomic E-state index is -1.42. The molecule has 0 fully saturated rings. The number of phenols is 2. The highest BCUT2D eigenvalue weighted by Crippen LogP contribution is 2.33. The van der Waals surface area contributed by atoms with E-state index in [0.717, 1.165) is 5.56 Å². The summed E-state index contributed by atoms with van der Waals surface area (Å²) in [6.45, 7) is 13.6. The molecule has 49 heavy (non-hydrogen) atoms. The summed E-state index contributed by atoms with van der Waals surface area (Å²) in [6.07, 6.45) is -0.733. The SMILES string of the molecule is CCN(C(=O)C(Cc1ccc(O)cc1)NC(=O)OC(C)(C)C)C(C(=O)NC(Cc1ccccc1)C(=O)OC(C)(C)C)c1cccc(C)c1O. The minimum absolute atomic E-state index is 0.00244. The van der Waals surface area contributed by atoms with Gasteiger partial charge in [-0.2, -0.15) is 0 Å². The van der Waals surface area contributed by atoms with Gasteiger partial charge in [-0.25, -0.2) is 9.59 Å². The molecule has 3 unspecified atom stereocenters. The first kappa shape index (κ1) is 38.4. The molecular formula is C38H49N3O8. The van der Waals surface area contributed by atoms with Crippen molar-refractivity contribution in [3.63, 3.8) is 0 Å². The van der Waals surface area contributed by atoms with Gasteiger partial charge in [0.1, 0.15) is 40.8 Å². The molecule has 0 aliphatic heterocycles. The van der Waals surface area contributed by atoms with Crippen LogP contribution in [0.4, 0.5) is 4.79 Å². The average molecular weight is 676 g/mol. The van der Waals surface area contributed by atoms with E-state index in [2.05, 4.69) is 10.6 Å². The van der Waals surface area contributed by atoms with Gasteiger partial charge in [0.2, 0.25) is 11.8 Å². The standard InChI is InChI=1S/C38H49N3O8/c1-9-41(34(45)29(40-36(47)49-38(6,7)8)22-26-18-20-27(42)21-19-26)31(28-17-13-14-24(2)32(28)43)33(44)39-30(35(46)48-37(3,4)5)23-25-15-11-10-12-16-25/h10-21,29-31,42-43H,9,22-23H2,1-8H3,(H,39,44)(H,40,47). The number of carbonyl (C=O) groups is 4. The Labute approximate surface area is 288 Å². The Kier molecular flexibility index (Phi) is 12.8. The van der Waals surface area contributed by atoms with Crippen LogP contribution in [0.1, 0.15) is 76.8 Å². The van der Waals surface area contributed by atoms with Crippen molar-refractivity contribution in [2.45, 2.75) is 97.6 Å². The van der Waals surface area contributed by atoms with E-state index < -0.39 is 53.2 Å². The second-order valence-corrected chi connectivity index (χ2v) is 13.9. The van der Waals surface area contributed by atoms with Crippen molar-refractivity contribution in [1.82, 2.24) is 15.5 Å². The van der Waals surface area contributed by atoms with Crippen molar-refractivity contribution in [3.8, 4) is 11.5 Å². The van der Waals surface area contributed by atoms with E-state index in [1.807, 2.05) is 30.3 Å². The van der Waals surface area contributed by atoms with Crippen molar-refractivity contribution in [1.29, 1.82) is 0 Å². The summed E-state index contributed by atoms with van der Waals surface area (Å²) in [5.41, 5.74) is 0.301. The fraction of sp³-hybridized carbons (Fsp3) is 0.421. The van der Waals surface area contributed by atoms with Gasteiger partial charge in [-0.3, -0.25) is 9.59 Å². The molecule has 0 heterocycles. The van der Waals surface area contributed by atoms with Crippen LogP contribution in [0.3, 0.4) is 0 Å². The van der Waals surface area contributed by atoms with Crippen molar-refractivity contribution < 1.29 is 38.9 Å². The van der Waals surface area contributed by atoms with Crippen molar-refractivity contribution in [3.05, 3.63) is 95.1 Å². The minimum Gasteiger partial charge on any atom is -0.508 e. The monoisotopic (exact) mass is 675 g/mol. The van der Waals surface area contributed by atoms with Crippen LogP contribution in [0.5, 0.6) is 11.5 Å². The number of hydrogen-bond donors (Lipinski definition) is 4. The fourth-order valence-electron chi connectivity index (χ4n) is 5.20. The highest BCUT2D eigenvalue weighted by Gasteiger charge is 2.39. The van der Waals surface area contributed by atoms with Gasteiger partial charge < -0.3 is 35.2 Å². The lowest BCUT2D eigenvalue weighted by atomic mass is 9.97.